The van der Waals surface area contributed by atoms with Crippen molar-refractivity contribution in [2.45, 2.75) is 6.54 Å². The summed E-state index contributed by atoms with van der Waals surface area (Å²) < 4.78 is 1.31. The van der Waals surface area contributed by atoms with Crippen molar-refractivity contribution in [2.24, 2.45) is 5.10 Å². The number of imidazole rings is 1. The van der Waals surface area contributed by atoms with Crippen LogP contribution in [-0.2, 0) is 11.3 Å². The quantitative estimate of drug-likeness (QED) is 0.413. The second-order valence-corrected chi connectivity index (χ2v) is 5.24. The van der Waals surface area contributed by atoms with Crippen molar-refractivity contribution in [3.8, 4) is 0 Å². The highest BCUT2D eigenvalue weighted by Gasteiger charge is 2.13. The van der Waals surface area contributed by atoms with Gasteiger partial charge in [0.2, 0.25) is 6.33 Å². The van der Waals surface area contributed by atoms with Gasteiger partial charge in [-0.05, 0) is 22.0 Å². The molecular formula is C17H14N6O3. The van der Waals surface area contributed by atoms with E-state index < -0.39 is 10.8 Å². The summed E-state index contributed by atoms with van der Waals surface area (Å²) in [6.07, 6.45) is 4.04. The summed E-state index contributed by atoms with van der Waals surface area (Å²) in [7, 11) is 0. The molecule has 0 spiro atoms. The molecule has 0 radical (unpaired) electrons. The van der Waals surface area contributed by atoms with Crippen molar-refractivity contribution in [1.82, 2.24) is 20.0 Å². The summed E-state index contributed by atoms with van der Waals surface area (Å²) in [4.78, 5) is 30.0. The average Bonchev–Trinajstić information content (AvgIpc) is 3.12. The van der Waals surface area contributed by atoms with Crippen molar-refractivity contribution in [3.05, 3.63) is 88.6 Å². The second kappa shape index (κ2) is 7.79. The molecule has 0 aliphatic rings. The number of nitro groups is 1. The number of carbonyl (C=O) groups is 1. The maximum atomic E-state index is 12.1. The molecule has 1 aromatic carbocycles. The number of aromatic nitrogens is 3. The maximum absolute atomic E-state index is 12.1. The Morgan fingerprint density at radius 3 is 2.58 bits per heavy atom. The molecule has 0 atom stereocenters. The van der Waals surface area contributed by atoms with Crippen molar-refractivity contribution in [3.63, 3.8) is 0 Å². The first kappa shape index (κ1) is 17.0. The Hall–Kier alpha value is -3.88. The fourth-order valence-corrected chi connectivity index (χ4v) is 2.22. The van der Waals surface area contributed by atoms with E-state index in [1.165, 1.54) is 17.1 Å². The maximum Gasteiger partial charge on any atom is 0.381 e. The van der Waals surface area contributed by atoms with E-state index in [1.54, 1.807) is 18.3 Å². The number of hydrazone groups is 1. The number of hydrogen-bond acceptors (Lipinski definition) is 6. The third-order valence-electron chi connectivity index (χ3n) is 3.38. The topological polar surface area (TPSA) is 115 Å². The van der Waals surface area contributed by atoms with Crippen molar-refractivity contribution in [2.75, 3.05) is 0 Å². The van der Waals surface area contributed by atoms with E-state index in [9.17, 15) is 14.9 Å². The Balaban J connectivity index is 1.77. The van der Waals surface area contributed by atoms with E-state index in [0.29, 0.717) is 11.4 Å². The van der Waals surface area contributed by atoms with E-state index in [2.05, 4.69) is 20.5 Å². The summed E-state index contributed by atoms with van der Waals surface area (Å²) in [5, 5.41) is 14.8. The van der Waals surface area contributed by atoms with Gasteiger partial charge in [-0.3, -0.25) is 9.78 Å². The number of nitrogens with zero attached hydrogens (tertiary/aromatic N) is 5. The number of carbonyl (C=O) groups excluding carboxylic acids is 1. The lowest BCUT2D eigenvalue weighted by Gasteiger charge is -2.07. The average molecular weight is 350 g/mol. The van der Waals surface area contributed by atoms with Gasteiger partial charge in [0.25, 0.3) is 5.91 Å². The van der Waals surface area contributed by atoms with Crippen molar-refractivity contribution >= 4 is 17.4 Å². The van der Waals surface area contributed by atoms with Gasteiger partial charge in [-0.25, -0.2) is 5.43 Å². The molecule has 2 aromatic heterocycles. The van der Waals surface area contributed by atoms with Gasteiger partial charge in [0.15, 0.2) is 0 Å². The van der Waals surface area contributed by atoms with Crippen LogP contribution in [0.1, 0.15) is 11.3 Å². The van der Waals surface area contributed by atoms with Gasteiger partial charge < -0.3 is 14.7 Å². The molecule has 0 aliphatic heterocycles. The molecule has 26 heavy (non-hydrogen) atoms. The molecular weight excluding hydrogens is 336 g/mol. The lowest BCUT2D eigenvalue weighted by atomic mass is 10.1. The minimum absolute atomic E-state index is 0.144. The molecule has 130 valence electrons. The van der Waals surface area contributed by atoms with Crippen LogP contribution in [0.4, 0.5) is 5.82 Å². The van der Waals surface area contributed by atoms with Gasteiger partial charge >= 0.3 is 5.82 Å². The van der Waals surface area contributed by atoms with E-state index >= 15 is 0 Å². The van der Waals surface area contributed by atoms with Gasteiger partial charge in [0, 0.05) is 11.8 Å². The fraction of sp³-hybridized carbons (Fsp3) is 0.0588. The van der Waals surface area contributed by atoms with Crippen molar-refractivity contribution < 1.29 is 9.72 Å². The molecule has 0 fully saturated rings. The first-order chi connectivity index (χ1) is 12.6. The highest BCUT2D eigenvalue weighted by Crippen LogP contribution is 2.08. The number of benzene rings is 1. The van der Waals surface area contributed by atoms with Crippen molar-refractivity contribution in [1.29, 1.82) is 0 Å². The molecule has 3 rings (SSSR count). The lowest BCUT2D eigenvalue weighted by molar-refractivity contribution is -0.389. The predicted molar refractivity (Wildman–Crippen MR) is 93.3 cm³/mol. The second-order valence-electron chi connectivity index (χ2n) is 5.24. The number of rotatable bonds is 6. The van der Waals surface area contributed by atoms with Crippen LogP contribution in [0.15, 0.2) is 72.4 Å². The monoisotopic (exact) mass is 350 g/mol. The van der Waals surface area contributed by atoms with Crippen LogP contribution in [0.5, 0.6) is 0 Å². The molecule has 9 nitrogen and oxygen atoms in total. The van der Waals surface area contributed by atoms with Gasteiger partial charge in [-0.15, -0.1) is 0 Å². The molecule has 0 aliphatic carbocycles. The number of nitrogens with one attached hydrogen (secondary N) is 1. The van der Waals surface area contributed by atoms with Crippen LogP contribution in [0.25, 0.3) is 0 Å². The fourth-order valence-electron chi connectivity index (χ4n) is 2.22. The van der Waals surface area contributed by atoms with Crippen LogP contribution >= 0.6 is 0 Å². The predicted octanol–water partition coefficient (Wildman–Crippen LogP) is 1.76. The molecule has 3 aromatic rings. The van der Waals surface area contributed by atoms with E-state index in [0.717, 1.165) is 5.56 Å². The van der Waals surface area contributed by atoms with Gasteiger partial charge in [0.05, 0.1) is 5.69 Å². The third kappa shape index (κ3) is 4.15. The smallest absolute Gasteiger partial charge is 0.358 e. The number of amides is 1. The first-order valence-electron chi connectivity index (χ1n) is 7.63. The summed E-state index contributed by atoms with van der Waals surface area (Å²) in [5.74, 6) is -0.763. The minimum Gasteiger partial charge on any atom is -0.358 e. The van der Waals surface area contributed by atoms with E-state index in [-0.39, 0.29) is 12.4 Å². The molecule has 0 unspecified atom stereocenters. The van der Waals surface area contributed by atoms with Gasteiger partial charge in [-0.2, -0.15) is 5.10 Å². The van der Waals surface area contributed by atoms with Crippen LogP contribution in [0.2, 0.25) is 0 Å². The van der Waals surface area contributed by atoms with E-state index in [1.807, 2.05) is 36.4 Å². The van der Waals surface area contributed by atoms with E-state index in [4.69, 9.17) is 0 Å². The number of pyridine rings is 1. The van der Waals surface area contributed by atoms with Crippen LogP contribution < -0.4 is 5.43 Å². The molecule has 1 amide bonds. The highest BCUT2D eigenvalue weighted by atomic mass is 16.6. The van der Waals surface area contributed by atoms with Crippen LogP contribution in [-0.4, -0.2) is 31.1 Å². The Kier molecular flexibility index (Phi) is 5.08. The number of hydrogen-bond donors (Lipinski definition) is 1. The van der Waals surface area contributed by atoms with Crippen LogP contribution in [0, 0.1) is 10.1 Å². The summed E-state index contributed by atoms with van der Waals surface area (Å²) in [5.41, 5.74) is 4.37. The molecule has 0 saturated carbocycles. The third-order valence-corrected chi connectivity index (χ3v) is 3.38. The van der Waals surface area contributed by atoms with Crippen LogP contribution in [0.3, 0.4) is 0 Å². The SMILES string of the molecule is O=C(Cn1cnc([N+](=O)[O-])c1)N/N=C(/c1ccccc1)c1ccccn1. The highest BCUT2D eigenvalue weighted by molar-refractivity contribution is 6.11. The Labute approximate surface area is 148 Å². The Morgan fingerprint density at radius 2 is 1.92 bits per heavy atom. The lowest BCUT2D eigenvalue weighted by Crippen LogP contribution is -2.24. The summed E-state index contributed by atoms with van der Waals surface area (Å²) >= 11 is 0. The minimum atomic E-state index is -0.624. The van der Waals surface area contributed by atoms with Gasteiger partial charge in [-0.1, -0.05) is 36.4 Å². The first-order valence-corrected chi connectivity index (χ1v) is 7.63. The standard InChI is InChI=1S/C17H14N6O3/c24-16(11-22-10-15(19-12-22)23(25)26)20-21-17(13-6-2-1-3-7-13)14-8-4-5-9-18-14/h1-10,12H,11H2,(H,20,24)/b21-17-. The Morgan fingerprint density at radius 1 is 1.15 bits per heavy atom. The summed E-state index contributed by atoms with van der Waals surface area (Å²) in [6, 6.07) is 14.7. The molecule has 1 N–H and O–H groups in total. The molecule has 9 heteroatoms. The van der Waals surface area contributed by atoms with Gasteiger partial charge in [0.1, 0.15) is 18.5 Å². The molecule has 0 bridgehead atoms. The molecule has 2 heterocycles. The zero-order valence-electron chi connectivity index (χ0n) is 13.5. The largest absolute Gasteiger partial charge is 0.381 e. The zero-order chi connectivity index (χ0) is 18.4. The zero-order valence-corrected chi connectivity index (χ0v) is 13.5. The molecule has 0 saturated heterocycles. The normalized spacial score (nSPS) is 11.2. The Bertz CT molecular complexity index is 896. The summed E-state index contributed by atoms with van der Waals surface area (Å²) in [6.45, 7) is -0.144.